The van der Waals surface area contributed by atoms with E-state index in [1.165, 1.54) is 16.7 Å². The van der Waals surface area contributed by atoms with Crippen molar-refractivity contribution in [3.8, 4) is 0 Å². The molecular weight excluding hydrogens is 180 g/mol. The molecule has 0 heteroatoms. The van der Waals surface area contributed by atoms with Gasteiger partial charge >= 0.3 is 0 Å². The van der Waals surface area contributed by atoms with E-state index in [1.54, 1.807) is 0 Å². The summed E-state index contributed by atoms with van der Waals surface area (Å²) in [6, 6.07) is 6.72. The smallest absolute Gasteiger partial charge is 0.00195 e. The lowest BCUT2D eigenvalue weighted by molar-refractivity contribution is 0.590. The van der Waals surface area contributed by atoms with Crippen LogP contribution in [0.3, 0.4) is 0 Å². The number of allylic oxidation sites excluding steroid dienone is 2. The lowest BCUT2D eigenvalue weighted by Crippen LogP contribution is -2.11. The highest BCUT2D eigenvalue weighted by molar-refractivity contribution is 5.84. The molecule has 0 heterocycles. The van der Waals surface area contributed by atoms with Crippen molar-refractivity contribution >= 4 is 5.57 Å². The second-order valence-electron chi connectivity index (χ2n) is 5.38. The molecule has 1 aromatic carbocycles. The number of fused-ring (bicyclic) bond motifs is 1. The Morgan fingerprint density at radius 1 is 1.13 bits per heavy atom. The first-order valence-corrected chi connectivity index (χ1v) is 5.40. The van der Waals surface area contributed by atoms with Crippen molar-refractivity contribution in [1.29, 1.82) is 0 Å². The molecule has 0 amide bonds. The average Bonchev–Trinajstić information content (AvgIpc) is 2.41. The van der Waals surface area contributed by atoms with E-state index in [4.69, 9.17) is 0 Å². The molecule has 0 saturated carbocycles. The van der Waals surface area contributed by atoms with E-state index in [0.717, 1.165) is 17.6 Å². The minimum Gasteiger partial charge on any atom is -0.0949 e. The summed E-state index contributed by atoms with van der Waals surface area (Å²) in [5.41, 5.74) is 6.54. The van der Waals surface area contributed by atoms with Crippen LogP contribution in [0.5, 0.6) is 0 Å². The number of rotatable bonds is 0. The quantitative estimate of drug-likeness (QED) is 0.588. The lowest BCUT2D eigenvalue weighted by atomic mass is 9.85. The van der Waals surface area contributed by atoms with Crippen LogP contribution < -0.4 is 0 Å². The molecule has 0 atom stereocenters. The summed E-state index contributed by atoms with van der Waals surface area (Å²) < 4.78 is 0. The third kappa shape index (κ3) is 1.65. The fourth-order valence-electron chi connectivity index (χ4n) is 2.01. The van der Waals surface area contributed by atoms with Gasteiger partial charge in [0.15, 0.2) is 0 Å². The topological polar surface area (TPSA) is 0 Å². The summed E-state index contributed by atoms with van der Waals surface area (Å²) in [5, 5.41) is 0. The first-order chi connectivity index (χ1) is 6.89. The van der Waals surface area contributed by atoms with Gasteiger partial charge in [0.1, 0.15) is 0 Å². The number of benzene rings is 1. The van der Waals surface area contributed by atoms with Crippen LogP contribution in [0.2, 0.25) is 0 Å². The van der Waals surface area contributed by atoms with Gasteiger partial charge in [-0.15, -0.1) is 0 Å². The highest BCUT2D eigenvalue weighted by Gasteiger charge is 2.21. The first kappa shape index (κ1) is 10.2. The van der Waals surface area contributed by atoms with E-state index >= 15 is 0 Å². The van der Waals surface area contributed by atoms with E-state index in [-0.39, 0.29) is 5.41 Å². The molecule has 0 N–H and O–H groups in total. The largest absolute Gasteiger partial charge is 0.0949 e. The maximum absolute atomic E-state index is 4.10. The Morgan fingerprint density at radius 3 is 2.40 bits per heavy atom. The van der Waals surface area contributed by atoms with Gasteiger partial charge in [-0.25, -0.2) is 0 Å². The maximum Gasteiger partial charge on any atom is -0.00195 e. The van der Waals surface area contributed by atoms with Gasteiger partial charge in [0.05, 0.1) is 0 Å². The van der Waals surface area contributed by atoms with E-state index in [0.29, 0.717) is 0 Å². The Bertz CT molecular complexity index is 442. The molecule has 0 radical (unpaired) electrons. The maximum atomic E-state index is 4.10. The second kappa shape index (κ2) is 3.10. The summed E-state index contributed by atoms with van der Waals surface area (Å²) in [7, 11) is 0. The fraction of sp³-hybridized carbons (Fsp3) is 0.333. The first-order valence-electron chi connectivity index (χ1n) is 5.40. The zero-order chi connectivity index (χ0) is 11.2. The third-order valence-corrected chi connectivity index (χ3v) is 3.13. The Balaban J connectivity index is 2.54. The van der Waals surface area contributed by atoms with E-state index < -0.39 is 0 Å². The fourth-order valence-corrected chi connectivity index (χ4v) is 2.01. The van der Waals surface area contributed by atoms with Crippen molar-refractivity contribution in [1.82, 2.24) is 0 Å². The van der Waals surface area contributed by atoms with Crippen molar-refractivity contribution in [3.05, 3.63) is 53.6 Å². The molecule has 78 valence electrons. The van der Waals surface area contributed by atoms with Gasteiger partial charge < -0.3 is 0 Å². The summed E-state index contributed by atoms with van der Waals surface area (Å²) >= 11 is 0. The number of hydrogen-bond acceptors (Lipinski definition) is 0. The molecule has 2 rings (SSSR count). The number of hydrogen-bond donors (Lipinski definition) is 0. The molecule has 0 aromatic heterocycles. The van der Waals surface area contributed by atoms with E-state index in [2.05, 4.69) is 52.1 Å². The van der Waals surface area contributed by atoms with Crippen LogP contribution in [0.4, 0.5) is 0 Å². The molecule has 0 nitrogen and oxygen atoms in total. The molecule has 0 saturated heterocycles. The zero-order valence-corrected chi connectivity index (χ0v) is 9.85. The Labute approximate surface area is 92.3 Å². The Kier molecular flexibility index (Phi) is 2.11. The summed E-state index contributed by atoms with van der Waals surface area (Å²) in [6.45, 7) is 14.9. The Morgan fingerprint density at radius 2 is 1.80 bits per heavy atom. The van der Waals surface area contributed by atoms with Crippen LogP contribution in [-0.2, 0) is 11.8 Å². The molecule has 15 heavy (non-hydrogen) atoms. The molecular formula is C15H18. The predicted octanol–water partition coefficient (Wildman–Crippen LogP) is 4.11. The SMILES string of the molecule is C=C1Cc2ccc(C(C)(C)C)cc2C1=C. The van der Waals surface area contributed by atoms with Gasteiger partial charge in [-0.3, -0.25) is 0 Å². The van der Waals surface area contributed by atoms with Crippen molar-refractivity contribution < 1.29 is 0 Å². The van der Waals surface area contributed by atoms with Gasteiger partial charge in [0.25, 0.3) is 0 Å². The van der Waals surface area contributed by atoms with Crippen molar-refractivity contribution in [2.24, 2.45) is 0 Å². The average molecular weight is 198 g/mol. The minimum atomic E-state index is 0.208. The summed E-state index contributed by atoms with van der Waals surface area (Å²) in [4.78, 5) is 0. The van der Waals surface area contributed by atoms with Crippen LogP contribution in [-0.4, -0.2) is 0 Å². The van der Waals surface area contributed by atoms with Gasteiger partial charge in [-0.1, -0.05) is 52.1 Å². The van der Waals surface area contributed by atoms with Crippen molar-refractivity contribution in [3.63, 3.8) is 0 Å². The Hall–Kier alpha value is -1.30. The van der Waals surface area contributed by atoms with Gasteiger partial charge in [0, 0.05) is 0 Å². The molecule has 0 bridgehead atoms. The summed E-state index contributed by atoms with van der Waals surface area (Å²) in [6.07, 6.45) is 0.971. The lowest BCUT2D eigenvalue weighted by Gasteiger charge is -2.20. The molecule has 0 unspecified atom stereocenters. The van der Waals surface area contributed by atoms with Crippen LogP contribution in [0.15, 0.2) is 36.9 Å². The van der Waals surface area contributed by atoms with Crippen LogP contribution in [0.25, 0.3) is 5.57 Å². The van der Waals surface area contributed by atoms with E-state index in [9.17, 15) is 0 Å². The molecule has 0 spiro atoms. The molecule has 1 aliphatic rings. The van der Waals surface area contributed by atoms with Crippen molar-refractivity contribution in [2.45, 2.75) is 32.6 Å². The normalized spacial score (nSPS) is 15.7. The van der Waals surface area contributed by atoms with Crippen LogP contribution >= 0.6 is 0 Å². The predicted molar refractivity (Wildman–Crippen MR) is 67.0 cm³/mol. The molecule has 1 aliphatic carbocycles. The van der Waals surface area contributed by atoms with Crippen molar-refractivity contribution in [2.75, 3.05) is 0 Å². The highest BCUT2D eigenvalue weighted by Crippen LogP contribution is 2.36. The minimum absolute atomic E-state index is 0.208. The molecule has 0 aliphatic heterocycles. The highest BCUT2D eigenvalue weighted by atomic mass is 14.3. The van der Waals surface area contributed by atoms with Gasteiger partial charge in [0.2, 0.25) is 0 Å². The molecule has 0 fully saturated rings. The standard InChI is InChI=1S/C15H18/c1-10-8-12-6-7-13(15(3,4)5)9-14(12)11(10)2/h6-7,9H,1-2,8H2,3-5H3. The van der Waals surface area contributed by atoms with Gasteiger partial charge in [-0.2, -0.15) is 0 Å². The van der Waals surface area contributed by atoms with Gasteiger partial charge in [-0.05, 0) is 39.7 Å². The third-order valence-electron chi connectivity index (χ3n) is 3.13. The molecule has 1 aromatic rings. The van der Waals surface area contributed by atoms with E-state index in [1.807, 2.05) is 0 Å². The second-order valence-corrected chi connectivity index (χ2v) is 5.38. The van der Waals surface area contributed by atoms with Crippen LogP contribution in [0.1, 0.15) is 37.5 Å². The van der Waals surface area contributed by atoms with Crippen LogP contribution in [0, 0.1) is 0 Å². The monoisotopic (exact) mass is 198 g/mol. The summed E-state index contributed by atoms with van der Waals surface area (Å²) in [5.74, 6) is 0. The zero-order valence-electron chi connectivity index (χ0n) is 9.85.